The van der Waals surface area contributed by atoms with Crippen molar-refractivity contribution in [2.75, 3.05) is 11.2 Å². The van der Waals surface area contributed by atoms with Crippen molar-refractivity contribution in [3.63, 3.8) is 0 Å². The van der Waals surface area contributed by atoms with Crippen LogP contribution in [0.3, 0.4) is 0 Å². The molecule has 0 aliphatic carbocycles. The van der Waals surface area contributed by atoms with E-state index in [-0.39, 0.29) is 21.2 Å². The molecule has 8 heteroatoms. The molecular weight excluding hydrogens is 313 g/mol. The van der Waals surface area contributed by atoms with Gasteiger partial charge in [0.05, 0.1) is 10.1 Å². The zero-order chi connectivity index (χ0) is 15.1. The van der Waals surface area contributed by atoms with E-state index in [2.05, 4.69) is 10.3 Å². The number of hydrogen-bond donors (Lipinski definition) is 1. The Labute approximate surface area is 121 Å². The second-order valence-electron chi connectivity index (χ2n) is 4.82. The lowest BCUT2D eigenvalue weighted by molar-refractivity contribution is -0.122. The monoisotopic (exact) mass is 322 g/mol. The number of fused-ring (bicyclic) bond motifs is 1. The average Bonchev–Trinajstić information content (AvgIpc) is 2.78. The van der Waals surface area contributed by atoms with Crippen molar-refractivity contribution in [2.45, 2.75) is 13.8 Å². The van der Waals surface area contributed by atoms with E-state index in [1.807, 2.05) is 0 Å². The van der Waals surface area contributed by atoms with Crippen molar-refractivity contribution in [2.24, 2.45) is 5.41 Å². The fraction of sp³-hybridized carbons (Fsp3) is 0.333. The third-order valence-electron chi connectivity index (χ3n) is 2.69. The van der Waals surface area contributed by atoms with Gasteiger partial charge < -0.3 is 5.32 Å². The van der Waals surface area contributed by atoms with Gasteiger partial charge in [0.25, 0.3) is 0 Å². The number of anilines is 1. The number of benzene rings is 1. The van der Waals surface area contributed by atoms with Crippen molar-refractivity contribution < 1.29 is 18.0 Å². The summed E-state index contributed by atoms with van der Waals surface area (Å²) in [5, 5.41) is 2.52. The molecular formula is C12H10ClF3N2OS. The van der Waals surface area contributed by atoms with E-state index in [0.717, 1.165) is 17.4 Å². The molecule has 0 unspecified atom stereocenters. The zero-order valence-corrected chi connectivity index (χ0v) is 12.1. The van der Waals surface area contributed by atoms with E-state index in [9.17, 15) is 18.0 Å². The van der Waals surface area contributed by atoms with Crippen LogP contribution in [0.4, 0.5) is 18.3 Å². The van der Waals surface area contributed by atoms with Gasteiger partial charge in [-0.25, -0.2) is 18.2 Å². The van der Waals surface area contributed by atoms with Crippen LogP contribution >= 0.6 is 22.9 Å². The number of halogens is 4. The molecule has 0 saturated heterocycles. The Morgan fingerprint density at radius 1 is 1.40 bits per heavy atom. The molecule has 0 radical (unpaired) electrons. The number of alkyl halides is 1. The summed E-state index contributed by atoms with van der Waals surface area (Å²) in [6.45, 7) is 3.26. The summed E-state index contributed by atoms with van der Waals surface area (Å²) >= 11 is 6.52. The normalized spacial score (nSPS) is 11.9. The van der Waals surface area contributed by atoms with Gasteiger partial charge in [-0.15, -0.1) is 11.6 Å². The van der Waals surface area contributed by atoms with Crippen molar-refractivity contribution in [1.82, 2.24) is 4.98 Å². The van der Waals surface area contributed by atoms with Gasteiger partial charge in [0.2, 0.25) is 5.91 Å². The minimum absolute atomic E-state index is 0.0621. The summed E-state index contributed by atoms with van der Waals surface area (Å²) in [7, 11) is 0. The summed E-state index contributed by atoms with van der Waals surface area (Å²) in [6, 6.07) is 0.841. The van der Waals surface area contributed by atoms with Crippen molar-refractivity contribution >= 4 is 44.2 Å². The number of nitrogens with one attached hydrogen (secondary N) is 1. The van der Waals surface area contributed by atoms with E-state index < -0.39 is 28.8 Å². The van der Waals surface area contributed by atoms with Gasteiger partial charge in [-0.05, 0) is 19.9 Å². The Morgan fingerprint density at radius 2 is 2.05 bits per heavy atom. The van der Waals surface area contributed by atoms with Gasteiger partial charge in [-0.3, -0.25) is 4.79 Å². The molecule has 0 atom stereocenters. The first-order valence-corrected chi connectivity index (χ1v) is 6.93. The fourth-order valence-corrected chi connectivity index (χ4v) is 2.36. The SMILES string of the molecule is CC(C)(CCl)C(=O)Nc1nc2c(F)c(F)c(F)cc2s1. The quantitative estimate of drug-likeness (QED) is 0.687. The first-order chi connectivity index (χ1) is 9.26. The lowest BCUT2D eigenvalue weighted by Gasteiger charge is -2.18. The molecule has 0 spiro atoms. The highest BCUT2D eigenvalue weighted by Crippen LogP contribution is 2.31. The van der Waals surface area contributed by atoms with Crippen LogP contribution in [0.5, 0.6) is 0 Å². The zero-order valence-electron chi connectivity index (χ0n) is 10.6. The molecule has 0 aliphatic rings. The number of carbonyl (C=O) groups is 1. The maximum Gasteiger partial charge on any atom is 0.233 e. The molecule has 3 nitrogen and oxygen atoms in total. The van der Waals surface area contributed by atoms with Crippen LogP contribution < -0.4 is 5.32 Å². The summed E-state index contributed by atoms with van der Waals surface area (Å²) < 4.78 is 39.8. The Kier molecular flexibility index (Phi) is 3.93. The molecule has 1 N–H and O–H groups in total. The average molecular weight is 323 g/mol. The summed E-state index contributed by atoms with van der Waals surface area (Å²) in [4.78, 5) is 15.7. The number of hydrogen-bond acceptors (Lipinski definition) is 3. The Balaban J connectivity index is 2.39. The minimum Gasteiger partial charge on any atom is -0.301 e. The number of rotatable bonds is 3. The summed E-state index contributed by atoms with van der Waals surface area (Å²) in [6.07, 6.45) is 0. The third kappa shape index (κ3) is 2.60. The Hall–Kier alpha value is -1.34. The van der Waals surface area contributed by atoms with Gasteiger partial charge >= 0.3 is 0 Å². The highest BCUT2D eigenvalue weighted by molar-refractivity contribution is 7.22. The predicted octanol–water partition coefficient (Wildman–Crippen LogP) is 3.92. The predicted molar refractivity (Wildman–Crippen MR) is 72.6 cm³/mol. The van der Waals surface area contributed by atoms with E-state index in [0.29, 0.717) is 0 Å². The lowest BCUT2D eigenvalue weighted by atomic mass is 9.95. The van der Waals surface area contributed by atoms with Crippen LogP contribution in [-0.2, 0) is 4.79 Å². The second kappa shape index (κ2) is 5.21. The maximum atomic E-state index is 13.5. The maximum absolute atomic E-state index is 13.5. The molecule has 2 rings (SSSR count). The number of aromatic nitrogens is 1. The van der Waals surface area contributed by atoms with Crippen molar-refractivity contribution in [3.8, 4) is 0 Å². The van der Waals surface area contributed by atoms with Crippen LogP contribution in [0.2, 0.25) is 0 Å². The van der Waals surface area contributed by atoms with Gasteiger partial charge in [-0.1, -0.05) is 11.3 Å². The van der Waals surface area contributed by atoms with Gasteiger partial charge in [0.1, 0.15) is 5.52 Å². The molecule has 0 aliphatic heterocycles. The van der Waals surface area contributed by atoms with Crippen LogP contribution in [0.25, 0.3) is 10.2 Å². The summed E-state index contributed by atoms with van der Waals surface area (Å²) in [5.74, 6) is -4.57. The standard InChI is InChI=1S/C12H10ClF3N2OS/c1-12(2,4-13)10(19)18-11-17-9-6(20-11)3-5(14)7(15)8(9)16/h3H,4H2,1-2H3,(H,17,18,19). The lowest BCUT2D eigenvalue weighted by Crippen LogP contribution is -2.32. The number of amides is 1. The van der Waals surface area contributed by atoms with E-state index in [4.69, 9.17) is 11.6 Å². The first-order valence-electron chi connectivity index (χ1n) is 5.57. The molecule has 20 heavy (non-hydrogen) atoms. The molecule has 0 fully saturated rings. The van der Waals surface area contributed by atoms with Gasteiger partial charge in [0.15, 0.2) is 22.6 Å². The molecule has 1 aromatic carbocycles. The second-order valence-corrected chi connectivity index (χ2v) is 6.12. The van der Waals surface area contributed by atoms with E-state index in [1.54, 1.807) is 13.8 Å². The molecule has 0 bridgehead atoms. The number of carbonyl (C=O) groups excluding carboxylic acids is 1. The van der Waals surface area contributed by atoms with Gasteiger partial charge in [-0.2, -0.15) is 0 Å². The van der Waals surface area contributed by atoms with Crippen LogP contribution in [0.15, 0.2) is 6.07 Å². The highest BCUT2D eigenvalue weighted by Gasteiger charge is 2.27. The fourth-order valence-electron chi connectivity index (χ4n) is 1.35. The topological polar surface area (TPSA) is 42.0 Å². The number of thiazole rings is 1. The molecule has 1 aromatic heterocycles. The number of nitrogens with zero attached hydrogens (tertiary/aromatic N) is 1. The van der Waals surface area contributed by atoms with E-state index in [1.165, 1.54) is 0 Å². The highest BCUT2D eigenvalue weighted by atomic mass is 35.5. The molecule has 108 valence electrons. The van der Waals surface area contributed by atoms with Crippen LogP contribution in [0, 0.1) is 22.9 Å². The molecule has 0 saturated carbocycles. The van der Waals surface area contributed by atoms with Crippen molar-refractivity contribution in [3.05, 3.63) is 23.5 Å². The molecule has 1 heterocycles. The minimum atomic E-state index is -1.58. The largest absolute Gasteiger partial charge is 0.301 e. The third-order valence-corrected chi connectivity index (χ3v) is 4.28. The molecule has 2 aromatic rings. The van der Waals surface area contributed by atoms with Crippen molar-refractivity contribution in [1.29, 1.82) is 0 Å². The smallest absolute Gasteiger partial charge is 0.233 e. The Bertz CT molecular complexity index is 687. The Morgan fingerprint density at radius 3 is 2.65 bits per heavy atom. The van der Waals surface area contributed by atoms with Gasteiger partial charge in [0, 0.05) is 5.88 Å². The molecule has 1 amide bonds. The van der Waals surface area contributed by atoms with E-state index >= 15 is 0 Å². The van der Waals surface area contributed by atoms with Crippen LogP contribution in [0.1, 0.15) is 13.8 Å². The first kappa shape index (κ1) is 15.1. The summed E-state index contributed by atoms with van der Waals surface area (Å²) in [5.41, 5.74) is -1.15. The van der Waals surface area contributed by atoms with Crippen LogP contribution in [-0.4, -0.2) is 16.8 Å².